The summed E-state index contributed by atoms with van der Waals surface area (Å²) < 4.78 is 6.82. The Labute approximate surface area is 142 Å². The van der Waals surface area contributed by atoms with E-state index >= 15 is 0 Å². The van der Waals surface area contributed by atoms with Gasteiger partial charge in [-0.2, -0.15) is 0 Å². The first-order valence-electron chi connectivity index (χ1n) is 6.57. The lowest BCUT2D eigenvalue weighted by Gasteiger charge is -2.18. The zero-order valence-electron chi connectivity index (χ0n) is 11.5. The van der Waals surface area contributed by atoms with Gasteiger partial charge in [-0.25, -0.2) is 0 Å². The average molecular weight is 416 g/mol. The molecule has 0 radical (unpaired) electrons. The monoisotopic (exact) mass is 415 g/mol. The van der Waals surface area contributed by atoms with E-state index in [1.54, 1.807) is 12.1 Å². The van der Waals surface area contributed by atoms with Gasteiger partial charge in [0.15, 0.2) is 6.10 Å². The van der Waals surface area contributed by atoms with Crippen LogP contribution in [0.4, 0.5) is 5.69 Å². The van der Waals surface area contributed by atoms with Gasteiger partial charge < -0.3 is 10.1 Å². The number of rotatable bonds is 5. The number of para-hydroxylation sites is 1. The Bertz CT molecular complexity index is 616. The molecule has 0 aromatic heterocycles. The number of hydrogen-bond donors (Lipinski definition) is 1. The maximum Gasteiger partial charge on any atom is 0.265 e. The Kier molecular flexibility index (Phi) is 5.87. The molecular formula is C16H15ClINO2. The second kappa shape index (κ2) is 7.66. The van der Waals surface area contributed by atoms with Crippen LogP contribution >= 0.6 is 34.2 Å². The summed E-state index contributed by atoms with van der Waals surface area (Å²) in [5.74, 6) is 0.336. The predicted molar refractivity (Wildman–Crippen MR) is 93.9 cm³/mol. The Morgan fingerprint density at radius 2 is 1.90 bits per heavy atom. The van der Waals surface area contributed by atoms with Crippen LogP contribution in [0.1, 0.15) is 13.3 Å². The molecule has 0 saturated heterocycles. The minimum atomic E-state index is -0.579. The minimum Gasteiger partial charge on any atom is -0.479 e. The van der Waals surface area contributed by atoms with Gasteiger partial charge >= 0.3 is 0 Å². The summed E-state index contributed by atoms with van der Waals surface area (Å²) in [5.41, 5.74) is 0.752. The fraction of sp³-hybridized carbons (Fsp3) is 0.188. The minimum absolute atomic E-state index is 0.182. The molecule has 1 amide bonds. The summed E-state index contributed by atoms with van der Waals surface area (Å²) in [6.45, 7) is 1.90. The van der Waals surface area contributed by atoms with Crippen molar-refractivity contribution in [2.75, 3.05) is 5.32 Å². The molecule has 1 unspecified atom stereocenters. The van der Waals surface area contributed by atoms with Crippen LogP contribution in [0.5, 0.6) is 5.75 Å². The molecule has 0 saturated carbocycles. The molecule has 2 aromatic rings. The molecule has 110 valence electrons. The van der Waals surface area contributed by atoms with Gasteiger partial charge in [0.1, 0.15) is 5.75 Å². The predicted octanol–water partition coefficient (Wildman–Crippen LogP) is 4.74. The Balaban J connectivity index is 2.05. The van der Waals surface area contributed by atoms with Gasteiger partial charge in [0.25, 0.3) is 5.91 Å². The smallest absolute Gasteiger partial charge is 0.265 e. The van der Waals surface area contributed by atoms with Crippen molar-refractivity contribution >= 4 is 45.8 Å². The number of benzene rings is 2. The molecule has 1 atom stereocenters. The molecule has 5 heteroatoms. The zero-order chi connectivity index (χ0) is 15.2. The first-order valence-corrected chi connectivity index (χ1v) is 8.03. The van der Waals surface area contributed by atoms with Crippen LogP contribution in [0.15, 0.2) is 48.5 Å². The molecule has 2 aromatic carbocycles. The van der Waals surface area contributed by atoms with Crippen LogP contribution in [0.2, 0.25) is 5.02 Å². The van der Waals surface area contributed by atoms with Gasteiger partial charge in [0, 0.05) is 9.26 Å². The Morgan fingerprint density at radius 3 is 2.52 bits per heavy atom. The van der Waals surface area contributed by atoms with Crippen LogP contribution in [0, 0.1) is 3.57 Å². The van der Waals surface area contributed by atoms with E-state index in [1.165, 1.54) is 0 Å². The maximum absolute atomic E-state index is 12.3. The molecule has 0 aliphatic rings. The number of nitrogens with one attached hydrogen (secondary N) is 1. The van der Waals surface area contributed by atoms with Crippen molar-refractivity contribution in [3.8, 4) is 5.75 Å². The highest BCUT2D eigenvalue weighted by atomic mass is 127. The fourth-order valence-electron chi connectivity index (χ4n) is 1.77. The molecule has 1 N–H and O–H groups in total. The van der Waals surface area contributed by atoms with Crippen molar-refractivity contribution in [2.45, 2.75) is 19.4 Å². The number of amides is 1. The second-order valence-corrected chi connectivity index (χ2v) is 6.09. The number of anilines is 1. The Hall–Kier alpha value is -1.27. The lowest BCUT2D eigenvalue weighted by molar-refractivity contribution is -0.122. The molecule has 21 heavy (non-hydrogen) atoms. The molecule has 0 fully saturated rings. The summed E-state index contributed by atoms with van der Waals surface area (Å²) in [6, 6.07) is 14.7. The zero-order valence-corrected chi connectivity index (χ0v) is 14.4. The summed E-state index contributed by atoms with van der Waals surface area (Å²) in [6.07, 6.45) is -0.0225. The third-order valence-electron chi connectivity index (χ3n) is 2.88. The number of halogens is 2. The van der Waals surface area contributed by atoms with Gasteiger partial charge in [-0.05, 0) is 65.4 Å². The van der Waals surface area contributed by atoms with Crippen molar-refractivity contribution in [1.29, 1.82) is 0 Å². The summed E-state index contributed by atoms with van der Waals surface area (Å²) in [5, 5.41) is 3.35. The van der Waals surface area contributed by atoms with E-state index in [4.69, 9.17) is 16.3 Å². The van der Waals surface area contributed by atoms with Crippen LogP contribution in [0.25, 0.3) is 0 Å². The number of carbonyl (C=O) groups is 1. The second-order valence-electron chi connectivity index (χ2n) is 4.44. The average Bonchev–Trinajstić information content (AvgIpc) is 2.48. The normalized spacial score (nSPS) is 11.8. The van der Waals surface area contributed by atoms with E-state index in [2.05, 4.69) is 27.9 Å². The highest BCUT2D eigenvalue weighted by molar-refractivity contribution is 14.1. The third kappa shape index (κ3) is 4.61. The van der Waals surface area contributed by atoms with Gasteiger partial charge in [0.2, 0.25) is 0 Å². The number of ether oxygens (including phenoxy) is 1. The number of hydrogen-bond acceptors (Lipinski definition) is 2. The molecule has 0 heterocycles. The van der Waals surface area contributed by atoms with E-state index in [0.29, 0.717) is 17.2 Å². The fourth-order valence-corrected chi connectivity index (χ4v) is 2.31. The van der Waals surface area contributed by atoms with Crippen LogP contribution in [0.3, 0.4) is 0 Å². The Morgan fingerprint density at radius 1 is 1.24 bits per heavy atom. The van der Waals surface area contributed by atoms with Crippen molar-refractivity contribution < 1.29 is 9.53 Å². The summed E-state index contributed by atoms with van der Waals surface area (Å²) in [7, 11) is 0. The van der Waals surface area contributed by atoms with E-state index < -0.39 is 6.10 Å². The first-order chi connectivity index (χ1) is 10.1. The van der Waals surface area contributed by atoms with Crippen molar-refractivity contribution in [3.63, 3.8) is 0 Å². The van der Waals surface area contributed by atoms with Gasteiger partial charge in [-0.15, -0.1) is 0 Å². The van der Waals surface area contributed by atoms with Crippen LogP contribution in [-0.4, -0.2) is 12.0 Å². The molecule has 0 spiro atoms. The molecule has 0 aliphatic carbocycles. The molecular weight excluding hydrogens is 401 g/mol. The first kappa shape index (κ1) is 16.1. The van der Waals surface area contributed by atoms with E-state index in [0.717, 1.165) is 9.26 Å². The summed E-state index contributed by atoms with van der Waals surface area (Å²) in [4.78, 5) is 12.3. The lowest BCUT2D eigenvalue weighted by Crippen LogP contribution is -2.32. The SMILES string of the molecule is CCC(Oc1ccccc1Cl)C(=O)Nc1ccc(I)cc1. The number of carbonyl (C=O) groups excluding carboxylic acids is 1. The molecule has 2 rings (SSSR count). The maximum atomic E-state index is 12.3. The quantitative estimate of drug-likeness (QED) is 0.716. The third-order valence-corrected chi connectivity index (χ3v) is 3.91. The highest BCUT2D eigenvalue weighted by Gasteiger charge is 2.19. The molecule has 3 nitrogen and oxygen atoms in total. The van der Waals surface area contributed by atoms with Gasteiger partial charge in [-0.1, -0.05) is 30.7 Å². The largest absolute Gasteiger partial charge is 0.479 e. The lowest BCUT2D eigenvalue weighted by atomic mass is 10.2. The van der Waals surface area contributed by atoms with Gasteiger partial charge in [0.05, 0.1) is 5.02 Å². The van der Waals surface area contributed by atoms with Crippen molar-refractivity contribution in [2.24, 2.45) is 0 Å². The van der Waals surface area contributed by atoms with Crippen molar-refractivity contribution in [1.82, 2.24) is 0 Å². The summed E-state index contributed by atoms with van der Waals surface area (Å²) >= 11 is 8.27. The standard InChI is InChI=1S/C16H15ClINO2/c1-2-14(21-15-6-4-3-5-13(15)17)16(20)19-12-9-7-11(18)8-10-12/h3-10,14H,2H2,1H3,(H,19,20). The topological polar surface area (TPSA) is 38.3 Å². The molecule has 0 aliphatic heterocycles. The highest BCUT2D eigenvalue weighted by Crippen LogP contribution is 2.25. The van der Waals surface area contributed by atoms with E-state index in [9.17, 15) is 4.79 Å². The van der Waals surface area contributed by atoms with E-state index in [-0.39, 0.29) is 5.91 Å². The molecule has 0 bridgehead atoms. The van der Waals surface area contributed by atoms with Crippen LogP contribution in [-0.2, 0) is 4.79 Å². The van der Waals surface area contributed by atoms with Crippen molar-refractivity contribution in [3.05, 3.63) is 57.1 Å². The van der Waals surface area contributed by atoms with E-state index in [1.807, 2.05) is 43.3 Å². The van der Waals surface area contributed by atoms with Crippen LogP contribution < -0.4 is 10.1 Å². The van der Waals surface area contributed by atoms with Gasteiger partial charge in [-0.3, -0.25) is 4.79 Å².